The average molecular weight is 341 g/mol. The van der Waals surface area contributed by atoms with E-state index >= 15 is 0 Å². The second kappa shape index (κ2) is 7.72. The van der Waals surface area contributed by atoms with Crippen LogP contribution in [0.3, 0.4) is 0 Å². The molecule has 0 bridgehead atoms. The van der Waals surface area contributed by atoms with Gasteiger partial charge in [-0.05, 0) is 30.4 Å². The summed E-state index contributed by atoms with van der Waals surface area (Å²) >= 11 is 0. The highest BCUT2D eigenvalue weighted by Gasteiger charge is 2.24. The van der Waals surface area contributed by atoms with Crippen LogP contribution in [0.4, 0.5) is 0 Å². The Morgan fingerprint density at radius 2 is 1.96 bits per heavy atom. The smallest absolute Gasteiger partial charge is 0.224 e. The van der Waals surface area contributed by atoms with Crippen molar-refractivity contribution in [1.82, 2.24) is 15.2 Å². The van der Waals surface area contributed by atoms with Crippen LogP contribution in [0, 0.1) is 5.92 Å². The Morgan fingerprint density at radius 3 is 2.68 bits per heavy atom. The van der Waals surface area contributed by atoms with Crippen molar-refractivity contribution in [2.45, 2.75) is 45.6 Å². The van der Waals surface area contributed by atoms with Gasteiger partial charge in [0, 0.05) is 42.7 Å². The predicted molar refractivity (Wildman–Crippen MR) is 99.2 cm³/mol. The van der Waals surface area contributed by atoms with E-state index in [0.29, 0.717) is 18.8 Å². The maximum absolute atomic E-state index is 12.4. The second-order valence-corrected chi connectivity index (χ2v) is 7.36. The van der Waals surface area contributed by atoms with E-state index in [-0.39, 0.29) is 17.9 Å². The van der Waals surface area contributed by atoms with Crippen molar-refractivity contribution in [2.75, 3.05) is 13.1 Å². The molecule has 0 unspecified atom stereocenters. The third-order valence-corrected chi connectivity index (χ3v) is 4.82. The highest BCUT2D eigenvalue weighted by atomic mass is 16.2. The molecular formula is C20H27N3O2. The lowest BCUT2D eigenvalue weighted by Crippen LogP contribution is -2.47. The van der Waals surface area contributed by atoms with Gasteiger partial charge in [-0.15, -0.1) is 0 Å². The molecule has 134 valence electrons. The van der Waals surface area contributed by atoms with Crippen LogP contribution in [0.1, 0.15) is 38.7 Å². The van der Waals surface area contributed by atoms with Crippen LogP contribution in [-0.4, -0.2) is 40.8 Å². The SMILES string of the molecule is CC(C)CC(=O)N1CCC(NC(=O)Cc2c[nH]c3ccccc23)CC1. The summed E-state index contributed by atoms with van der Waals surface area (Å²) in [7, 11) is 0. The van der Waals surface area contributed by atoms with Crippen molar-refractivity contribution in [1.29, 1.82) is 0 Å². The van der Waals surface area contributed by atoms with Crippen molar-refractivity contribution < 1.29 is 9.59 Å². The molecule has 2 heterocycles. The van der Waals surface area contributed by atoms with E-state index in [1.807, 2.05) is 35.4 Å². The van der Waals surface area contributed by atoms with E-state index in [1.165, 1.54) is 0 Å². The summed E-state index contributed by atoms with van der Waals surface area (Å²) in [5.74, 6) is 0.677. The number of carbonyl (C=O) groups is 2. The zero-order valence-corrected chi connectivity index (χ0v) is 15.0. The minimum absolute atomic E-state index is 0.0525. The number of hydrogen-bond donors (Lipinski definition) is 2. The Morgan fingerprint density at radius 1 is 1.24 bits per heavy atom. The van der Waals surface area contributed by atoms with Gasteiger partial charge in [-0.25, -0.2) is 0 Å². The number of likely N-dealkylation sites (tertiary alicyclic amines) is 1. The van der Waals surface area contributed by atoms with E-state index in [1.54, 1.807) is 0 Å². The summed E-state index contributed by atoms with van der Waals surface area (Å²) in [6.07, 6.45) is 4.58. The summed E-state index contributed by atoms with van der Waals surface area (Å²) in [6, 6.07) is 8.19. The number of nitrogens with zero attached hydrogens (tertiary/aromatic N) is 1. The molecule has 0 atom stereocenters. The van der Waals surface area contributed by atoms with Crippen LogP contribution in [0.5, 0.6) is 0 Å². The van der Waals surface area contributed by atoms with Crippen LogP contribution in [0.15, 0.2) is 30.5 Å². The molecular weight excluding hydrogens is 314 g/mol. The van der Waals surface area contributed by atoms with Gasteiger partial charge in [0.2, 0.25) is 11.8 Å². The molecule has 1 aliphatic heterocycles. The van der Waals surface area contributed by atoms with Gasteiger partial charge < -0.3 is 15.2 Å². The average Bonchev–Trinajstić information content (AvgIpc) is 2.98. The number of amides is 2. The van der Waals surface area contributed by atoms with Crippen molar-refractivity contribution >= 4 is 22.7 Å². The molecule has 1 aliphatic rings. The maximum atomic E-state index is 12.4. The lowest BCUT2D eigenvalue weighted by atomic mass is 10.0. The lowest BCUT2D eigenvalue weighted by molar-refractivity contribution is -0.133. The monoisotopic (exact) mass is 341 g/mol. The zero-order valence-electron chi connectivity index (χ0n) is 15.0. The second-order valence-electron chi connectivity index (χ2n) is 7.36. The fourth-order valence-corrected chi connectivity index (χ4v) is 3.48. The van der Waals surface area contributed by atoms with E-state index in [9.17, 15) is 9.59 Å². The van der Waals surface area contributed by atoms with E-state index in [2.05, 4.69) is 24.1 Å². The summed E-state index contributed by atoms with van der Waals surface area (Å²) in [6.45, 7) is 5.61. The summed E-state index contributed by atoms with van der Waals surface area (Å²) in [5, 5.41) is 4.23. The molecule has 0 spiro atoms. The number of fused-ring (bicyclic) bond motifs is 1. The number of H-pyrrole nitrogens is 1. The zero-order chi connectivity index (χ0) is 17.8. The first kappa shape index (κ1) is 17.5. The van der Waals surface area contributed by atoms with Gasteiger partial charge in [-0.3, -0.25) is 9.59 Å². The number of hydrogen-bond acceptors (Lipinski definition) is 2. The first-order chi connectivity index (χ1) is 12.0. The normalized spacial score (nSPS) is 15.7. The van der Waals surface area contributed by atoms with Gasteiger partial charge in [0.05, 0.1) is 6.42 Å². The van der Waals surface area contributed by atoms with Crippen LogP contribution in [-0.2, 0) is 16.0 Å². The fraction of sp³-hybridized carbons (Fsp3) is 0.500. The fourth-order valence-electron chi connectivity index (χ4n) is 3.48. The number of aromatic nitrogens is 1. The number of rotatable bonds is 5. The molecule has 0 aliphatic carbocycles. The molecule has 1 fully saturated rings. The van der Waals surface area contributed by atoms with Crippen LogP contribution >= 0.6 is 0 Å². The number of nitrogens with one attached hydrogen (secondary N) is 2. The lowest BCUT2D eigenvalue weighted by Gasteiger charge is -2.32. The Bertz CT molecular complexity index is 742. The van der Waals surface area contributed by atoms with E-state index in [0.717, 1.165) is 42.4 Å². The Balaban J connectivity index is 1.49. The van der Waals surface area contributed by atoms with Gasteiger partial charge in [0.1, 0.15) is 0 Å². The Kier molecular flexibility index (Phi) is 5.41. The standard InChI is InChI=1S/C20H27N3O2/c1-14(2)11-20(25)23-9-7-16(8-10-23)22-19(24)12-15-13-21-18-6-4-3-5-17(15)18/h3-6,13-14,16,21H,7-12H2,1-2H3,(H,22,24). The van der Waals surface area contributed by atoms with Crippen molar-refractivity contribution in [3.8, 4) is 0 Å². The molecule has 5 nitrogen and oxygen atoms in total. The Labute approximate surface area is 148 Å². The van der Waals surface area contributed by atoms with E-state index in [4.69, 9.17) is 0 Å². The van der Waals surface area contributed by atoms with Gasteiger partial charge in [0.25, 0.3) is 0 Å². The summed E-state index contributed by atoms with van der Waals surface area (Å²) in [4.78, 5) is 29.6. The minimum Gasteiger partial charge on any atom is -0.361 e. The van der Waals surface area contributed by atoms with Crippen molar-refractivity contribution in [3.05, 3.63) is 36.0 Å². The highest BCUT2D eigenvalue weighted by molar-refractivity contribution is 5.89. The molecule has 2 amide bonds. The number of para-hydroxylation sites is 1. The summed E-state index contributed by atoms with van der Waals surface area (Å²) in [5.41, 5.74) is 2.08. The quantitative estimate of drug-likeness (QED) is 0.878. The molecule has 1 aromatic heterocycles. The molecule has 3 rings (SSSR count). The first-order valence-corrected chi connectivity index (χ1v) is 9.15. The molecule has 0 saturated carbocycles. The van der Waals surface area contributed by atoms with Crippen LogP contribution < -0.4 is 5.32 Å². The molecule has 5 heteroatoms. The molecule has 0 radical (unpaired) electrons. The molecule has 2 aromatic rings. The number of benzene rings is 1. The van der Waals surface area contributed by atoms with E-state index < -0.39 is 0 Å². The third-order valence-electron chi connectivity index (χ3n) is 4.82. The van der Waals surface area contributed by atoms with Crippen LogP contribution in [0.25, 0.3) is 10.9 Å². The van der Waals surface area contributed by atoms with Crippen molar-refractivity contribution in [3.63, 3.8) is 0 Å². The maximum Gasteiger partial charge on any atom is 0.224 e. The van der Waals surface area contributed by atoms with Gasteiger partial charge >= 0.3 is 0 Å². The van der Waals surface area contributed by atoms with Crippen LogP contribution in [0.2, 0.25) is 0 Å². The van der Waals surface area contributed by atoms with Gasteiger partial charge in [0.15, 0.2) is 0 Å². The first-order valence-electron chi connectivity index (χ1n) is 9.15. The third kappa shape index (κ3) is 4.41. The number of aromatic amines is 1. The van der Waals surface area contributed by atoms with Gasteiger partial charge in [-0.1, -0.05) is 32.0 Å². The molecule has 2 N–H and O–H groups in total. The largest absolute Gasteiger partial charge is 0.361 e. The Hall–Kier alpha value is -2.30. The number of piperidine rings is 1. The highest BCUT2D eigenvalue weighted by Crippen LogP contribution is 2.19. The topological polar surface area (TPSA) is 65.2 Å². The van der Waals surface area contributed by atoms with Crippen molar-refractivity contribution in [2.24, 2.45) is 5.92 Å². The number of carbonyl (C=O) groups excluding carboxylic acids is 2. The molecule has 1 saturated heterocycles. The molecule has 1 aromatic carbocycles. The van der Waals surface area contributed by atoms with Gasteiger partial charge in [-0.2, -0.15) is 0 Å². The minimum atomic E-state index is 0.0525. The predicted octanol–water partition coefficient (Wildman–Crippen LogP) is 2.86. The molecule has 25 heavy (non-hydrogen) atoms. The summed E-state index contributed by atoms with van der Waals surface area (Å²) < 4.78 is 0.